The maximum absolute atomic E-state index is 10.5. The summed E-state index contributed by atoms with van der Waals surface area (Å²) in [6, 6.07) is 6.35. The van der Waals surface area contributed by atoms with Gasteiger partial charge in [0.2, 0.25) is 0 Å². The van der Waals surface area contributed by atoms with Crippen LogP contribution < -0.4 is 5.73 Å². The molecule has 2 aliphatic rings. The fraction of sp³-hybridized carbons (Fsp3) is 0.600. The Balaban J connectivity index is 1.79. The van der Waals surface area contributed by atoms with Gasteiger partial charge in [-0.2, -0.15) is 0 Å². The van der Waals surface area contributed by atoms with Gasteiger partial charge in [-0.3, -0.25) is 0 Å². The second-order valence-corrected chi connectivity index (χ2v) is 9.01. The molecule has 3 N–H and O–H groups in total. The van der Waals surface area contributed by atoms with E-state index in [9.17, 15) is 5.11 Å². The number of nitrogens with two attached hydrogens (primary N) is 1. The van der Waals surface area contributed by atoms with Crippen LogP contribution in [0, 0.1) is 0 Å². The van der Waals surface area contributed by atoms with Crippen molar-refractivity contribution in [3.05, 3.63) is 29.3 Å². The van der Waals surface area contributed by atoms with Crippen molar-refractivity contribution in [2.45, 2.75) is 41.3 Å². The Morgan fingerprint density at radius 3 is 2.68 bits per heavy atom. The maximum atomic E-state index is 10.5. The van der Waals surface area contributed by atoms with Gasteiger partial charge in [-0.1, -0.05) is 0 Å². The Morgan fingerprint density at radius 1 is 1.21 bits per heavy atom. The van der Waals surface area contributed by atoms with Gasteiger partial charge in [0.05, 0.1) is 0 Å². The zero-order valence-corrected chi connectivity index (χ0v) is 15.1. The van der Waals surface area contributed by atoms with E-state index in [1.165, 1.54) is 49.7 Å². The van der Waals surface area contributed by atoms with Gasteiger partial charge in [-0.15, -0.1) is 0 Å². The molecule has 1 heterocycles. The number of aliphatic hydroxyl groups excluding tert-OH is 1. The minimum absolute atomic E-state index is 0.236. The average molecular weight is 453 g/mol. The van der Waals surface area contributed by atoms with Crippen molar-refractivity contribution in [2.75, 3.05) is 18.8 Å². The van der Waals surface area contributed by atoms with Gasteiger partial charge in [-0.05, 0) is 0 Å². The van der Waals surface area contributed by atoms with Gasteiger partial charge in [0.15, 0.2) is 0 Å². The number of rotatable bonds is 1. The number of fused-ring (bicyclic) bond motifs is 1. The van der Waals surface area contributed by atoms with Gasteiger partial charge >= 0.3 is 131 Å². The molecule has 1 aliphatic heterocycles. The summed E-state index contributed by atoms with van der Waals surface area (Å²) in [7, 11) is 0. The van der Waals surface area contributed by atoms with Gasteiger partial charge in [0.25, 0.3) is 0 Å². The monoisotopic (exact) mass is 453 g/mol. The summed E-state index contributed by atoms with van der Waals surface area (Å²) in [5, 5.41) is 10.5. The van der Waals surface area contributed by atoms with Crippen LogP contribution in [0.25, 0.3) is 0 Å². The standard InChI is InChI=1S/C15H21N2O.Pb/c16-13-6-4-5-11-9-15(18)14(10-12(11)13)17-7-2-1-3-8-17;/h1,4-6,14-15,18H,2-3,7-10,16H2;. The van der Waals surface area contributed by atoms with E-state index in [0.29, 0.717) is 0 Å². The Hall–Kier alpha value is -0.138. The molecule has 0 saturated carbocycles. The van der Waals surface area contributed by atoms with Crippen LogP contribution >= 0.6 is 0 Å². The second-order valence-electron chi connectivity index (χ2n) is 5.84. The molecule has 0 amide bonds. The van der Waals surface area contributed by atoms with Crippen LogP contribution in [-0.4, -0.2) is 61.0 Å². The van der Waals surface area contributed by atoms with Crippen molar-refractivity contribution in [2.24, 2.45) is 0 Å². The normalized spacial score (nSPS) is 29.2. The van der Waals surface area contributed by atoms with Gasteiger partial charge in [0, 0.05) is 0 Å². The van der Waals surface area contributed by atoms with Crippen LogP contribution in [0.2, 0.25) is 3.48 Å². The number of nitrogen functional groups attached to an aromatic ring is 1. The molecule has 0 aromatic heterocycles. The molecular formula is C15H21N2OPb. The number of likely N-dealkylation sites (tertiary alicyclic amines) is 1. The molecule has 0 spiro atoms. The Morgan fingerprint density at radius 2 is 1.95 bits per heavy atom. The molecule has 1 aliphatic carbocycles. The molecule has 3 nitrogen and oxygen atoms in total. The zero-order chi connectivity index (χ0) is 13.4. The minimum atomic E-state index is -0.236. The fourth-order valence-corrected chi connectivity index (χ4v) is 4.41. The van der Waals surface area contributed by atoms with Crippen molar-refractivity contribution >= 4 is 31.5 Å². The fourth-order valence-electron chi connectivity index (χ4n) is 3.40. The third kappa shape index (κ3) is 2.83. The SMILES string of the molecule is Nc1cccc2c1CC(N1CC[CH]([Pb])CC1)C(O)C2. The summed E-state index contributed by atoms with van der Waals surface area (Å²) >= 11 is 1.31. The Kier molecular flexibility index (Phi) is 4.14. The third-order valence-corrected chi connectivity index (χ3v) is 6.84. The molecule has 3 rings (SSSR count). The molecule has 1 saturated heterocycles. The van der Waals surface area contributed by atoms with Crippen molar-refractivity contribution in [1.29, 1.82) is 0 Å². The van der Waals surface area contributed by atoms with E-state index < -0.39 is 0 Å². The Labute approximate surface area is 130 Å². The summed E-state index contributed by atoms with van der Waals surface area (Å²) in [6.07, 6.45) is 4.06. The van der Waals surface area contributed by atoms with Crippen LogP contribution in [0.5, 0.6) is 0 Å². The van der Waals surface area contributed by atoms with E-state index in [1.54, 1.807) is 0 Å². The number of hydrogen-bond donors (Lipinski definition) is 2. The molecule has 2 atom stereocenters. The predicted molar refractivity (Wildman–Crippen MR) is 78.4 cm³/mol. The topological polar surface area (TPSA) is 49.5 Å². The zero-order valence-electron chi connectivity index (χ0n) is 11.2. The molecule has 1 aromatic rings. The number of anilines is 1. The van der Waals surface area contributed by atoms with Crippen molar-refractivity contribution in [3.8, 4) is 0 Å². The number of benzene rings is 1. The summed E-state index contributed by atoms with van der Waals surface area (Å²) < 4.78 is 0.967. The molecule has 3 radical (unpaired) electrons. The van der Waals surface area contributed by atoms with Crippen LogP contribution in [0.3, 0.4) is 0 Å². The summed E-state index contributed by atoms with van der Waals surface area (Å²) in [5.74, 6) is 0. The molecule has 19 heavy (non-hydrogen) atoms. The first-order valence-corrected chi connectivity index (χ1v) is 9.39. The average Bonchev–Trinajstić information content (AvgIpc) is 2.40. The van der Waals surface area contributed by atoms with Crippen LogP contribution in [0.15, 0.2) is 18.2 Å². The molecule has 0 bridgehead atoms. The van der Waals surface area contributed by atoms with Crippen molar-refractivity contribution in [1.82, 2.24) is 4.90 Å². The summed E-state index contributed by atoms with van der Waals surface area (Å²) in [4.78, 5) is 2.49. The predicted octanol–water partition coefficient (Wildman–Crippen LogP) is 1.15. The van der Waals surface area contributed by atoms with Crippen LogP contribution in [0.1, 0.15) is 24.0 Å². The first-order valence-electron chi connectivity index (χ1n) is 7.14. The quantitative estimate of drug-likeness (QED) is 0.497. The van der Waals surface area contributed by atoms with Gasteiger partial charge in [-0.25, -0.2) is 0 Å². The van der Waals surface area contributed by atoms with Gasteiger partial charge in [0.1, 0.15) is 0 Å². The molecule has 101 valence electrons. The molecule has 1 aromatic carbocycles. The Bertz CT molecular complexity index is 457. The summed E-state index contributed by atoms with van der Waals surface area (Å²) in [6.45, 7) is 2.30. The van der Waals surface area contributed by atoms with Crippen molar-refractivity contribution in [3.63, 3.8) is 0 Å². The van der Waals surface area contributed by atoms with Crippen LogP contribution in [0.4, 0.5) is 5.69 Å². The van der Waals surface area contributed by atoms with E-state index in [0.717, 1.165) is 35.1 Å². The van der Waals surface area contributed by atoms with Crippen LogP contribution in [-0.2, 0) is 12.8 Å². The van der Waals surface area contributed by atoms with E-state index in [4.69, 9.17) is 5.73 Å². The second kappa shape index (κ2) is 5.70. The number of nitrogens with zero attached hydrogens (tertiary/aromatic N) is 1. The first kappa shape index (κ1) is 13.8. The molecular weight excluding hydrogens is 431 g/mol. The first-order chi connectivity index (χ1) is 9.15. The molecule has 4 heteroatoms. The van der Waals surface area contributed by atoms with E-state index in [-0.39, 0.29) is 12.1 Å². The van der Waals surface area contributed by atoms with Crippen molar-refractivity contribution < 1.29 is 5.11 Å². The number of aliphatic hydroxyl groups is 1. The van der Waals surface area contributed by atoms with E-state index in [2.05, 4.69) is 11.0 Å². The molecule has 1 fully saturated rings. The van der Waals surface area contributed by atoms with E-state index >= 15 is 0 Å². The number of piperidine rings is 1. The molecule has 2 unspecified atom stereocenters. The third-order valence-electron chi connectivity index (χ3n) is 4.59. The number of hydrogen-bond acceptors (Lipinski definition) is 3. The van der Waals surface area contributed by atoms with E-state index in [1.807, 2.05) is 12.1 Å². The van der Waals surface area contributed by atoms with Gasteiger partial charge < -0.3 is 0 Å². The summed E-state index contributed by atoms with van der Waals surface area (Å²) in [5.41, 5.74) is 9.51.